The quantitative estimate of drug-likeness (QED) is 0.0335. The highest BCUT2D eigenvalue weighted by molar-refractivity contribution is 5.84. The number of hydrogen-bond acceptors (Lipinski definition) is 34. The second kappa shape index (κ2) is 30.5. The average molecular weight is 1420 g/mol. The standard InChI is InChI=1S/C64H104O34/c1-24-47(93-57-46(81)51(39(74)31(22-68)90-57)95-56-44(79)49(84-10)37(72)29(20-66)89-56)41(76)42(77)53(86-24)96-52-40(75)32(91-54-45(80)50(38(73)30(21-67)87-54)94-55-43(78)48(83-9)36(71)28(19-65)88-55)23-85-58(52)92-35-13-12-26-27(61(35,5)6)18-34(70)64-33(14-17-62(26,64)7)63(8,98-59(64)82)16-11-15-60(3,4)97-25(2)69/h18,24,26,28-58,65-68,70-81H,11-17,19-23H2,1-10H3/t24-,26-,28+,29+,30+,31+,32+,33+,34-,35+,36+,37+,38+,39+,40-,41-,42-,43+,44+,45+,46+,47-,48-,49-,50-,51-,52+,53+,54-,55-,56-,57-,58-,62-,63-,64-/m0/s1. The van der Waals surface area contributed by atoms with Gasteiger partial charge in [-0.05, 0) is 84.0 Å². The Morgan fingerprint density at radius 1 is 0.551 bits per heavy atom. The van der Waals surface area contributed by atoms with Crippen LogP contribution in [-0.4, -0.2) is 342 Å². The second-order valence-corrected chi connectivity index (χ2v) is 29.5. The van der Waals surface area contributed by atoms with Gasteiger partial charge in [0.05, 0.1) is 51.3 Å². The van der Waals surface area contributed by atoms with Crippen LogP contribution in [0.4, 0.5) is 0 Å². The summed E-state index contributed by atoms with van der Waals surface area (Å²) in [7, 11) is 2.34. The Morgan fingerprint density at radius 2 is 1.01 bits per heavy atom. The lowest BCUT2D eigenvalue weighted by atomic mass is 9.45. The number of esters is 2. The first kappa shape index (κ1) is 78.1. The lowest BCUT2D eigenvalue weighted by Gasteiger charge is -2.58. The third-order valence-electron chi connectivity index (χ3n) is 22.7. The van der Waals surface area contributed by atoms with Gasteiger partial charge in [0.1, 0.15) is 151 Å². The van der Waals surface area contributed by atoms with Crippen molar-refractivity contribution in [1.29, 1.82) is 0 Å². The Hall–Kier alpha value is -2.52. The summed E-state index contributed by atoms with van der Waals surface area (Å²) < 4.78 is 95.1. The number of ether oxygens (including phenoxy) is 16. The van der Waals surface area contributed by atoms with Crippen LogP contribution in [0.2, 0.25) is 0 Å². The van der Waals surface area contributed by atoms with E-state index in [1.54, 1.807) is 6.08 Å². The van der Waals surface area contributed by atoms with Crippen LogP contribution in [0.25, 0.3) is 0 Å². The Kier molecular flexibility index (Phi) is 24.3. The lowest BCUT2D eigenvalue weighted by molar-refractivity contribution is -0.396. The van der Waals surface area contributed by atoms with Gasteiger partial charge in [0.15, 0.2) is 37.7 Å². The van der Waals surface area contributed by atoms with Crippen molar-refractivity contribution in [2.75, 3.05) is 47.3 Å². The topological polar surface area (TPSA) is 506 Å². The fourth-order valence-corrected chi connectivity index (χ4v) is 17.4. The van der Waals surface area contributed by atoms with Crippen LogP contribution in [0.3, 0.4) is 0 Å². The average Bonchev–Trinajstić information content (AvgIpc) is 1.48. The first-order chi connectivity index (χ1) is 46.1. The van der Waals surface area contributed by atoms with Gasteiger partial charge in [-0.2, -0.15) is 0 Å². The fourth-order valence-electron chi connectivity index (χ4n) is 17.4. The summed E-state index contributed by atoms with van der Waals surface area (Å²) in [5.41, 5.74) is -4.02. The van der Waals surface area contributed by atoms with Crippen molar-refractivity contribution >= 4 is 11.9 Å². The predicted octanol–water partition coefficient (Wildman–Crippen LogP) is -5.77. The maximum atomic E-state index is 14.7. The Balaban J connectivity index is 0.896. The number of fused-ring (bicyclic) bond motifs is 2. The molecular formula is C64H104O34. The molecule has 3 aliphatic carbocycles. The minimum Gasteiger partial charge on any atom is -0.460 e. The number of hydrogen-bond donors (Lipinski definition) is 16. The zero-order valence-electron chi connectivity index (χ0n) is 56.6. The number of carbonyl (C=O) groups is 2. The van der Waals surface area contributed by atoms with E-state index in [4.69, 9.17) is 75.8 Å². The Morgan fingerprint density at radius 3 is 1.50 bits per heavy atom. The summed E-state index contributed by atoms with van der Waals surface area (Å²) in [5.74, 6) is -1.54. The molecule has 7 heterocycles. The van der Waals surface area contributed by atoms with Gasteiger partial charge >= 0.3 is 11.9 Å². The summed E-state index contributed by atoms with van der Waals surface area (Å²) in [5, 5.41) is 180. The molecule has 10 aliphatic rings. The van der Waals surface area contributed by atoms with Crippen molar-refractivity contribution in [1.82, 2.24) is 0 Å². The molecule has 34 nitrogen and oxygen atoms in total. The van der Waals surface area contributed by atoms with Crippen molar-refractivity contribution < 1.29 is 167 Å². The largest absolute Gasteiger partial charge is 0.460 e. The number of methoxy groups -OCH3 is 2. The molecule has 0 aromatic carbocycles. The molecule has 0 aromatic rings. The molecule has 0 bridgehead atoms. The summed E-state index contributed by atoms with van der Waals surface area (Å²) in [6, 6.07) is 0. The van der Waals surface area contributed by atoms with E-state index < -0.39 is 263 Å². The van der Waals surface area contributed by atoms with Crippen LogP contribution >= 0.6 is 0 Å². The van der Waals surface area contributed by atoms with Gasteiger partial charge in [0, 0.05) is 32.5 Å². The number of carbonyl (C=O) groups excluding carboxylic acids is 2. The molecule has 7 saturated heterocycles. The van der Waals surface area contributed by atoms with Crippen LogP contribution in [0.15, 0.2) is 11.6 Å². The molecule has 98 heavy (non-hydrogen) atoms. The minimum atomic E-state index is -2.12. The monoisotopic (exact) mass is 1420 g/mol. The van der Waals surface area contributed by atoms with E-state index in [1.165, 1.54) is 28.1 Å². The van der Waals surface area contributed by atoms with Crippen LogP contribution in [0, 0.1) is 28.1 Å². The Bertz CT molecular complexity index is 2710. The first-order valence-corrected chi connectivity index (χ1v) is 33.8. The Labute approximate surface area is 566 Å². The van der Waals surface area contributed by atoms with Crippen molar-refractivity contribution in [3.63, 3.8) is 0 Å². The molecule has 2 saturated carbocycles. The van der Waals surface area contributed by atoms with Gasteiger partial charge < -0.3 is 157 Å². The fraction of sp³-hybridized carbons (Fsp3) is 0.938. The maximum Gasteiger partial charge on any atom is 0.316 e. The van der Waals surface area contributed by atoms with Crippen molar-refractivity contribution in [2.45, 2.75) is 302 Å². The summed E-state index contributed by atoms with van der Waals surface area (Å²) >= 11 is 0. The molecule has 34 heteroatoms. The van der Waals surface area contributed by atoms with Crippen molar-refractivity contribution in [3.05, 3.63) is 11.6 Å². The van der Waals surface area contributed by atoms with Crippen LogP contribution in [0.1, 0.15) is 100 Å². The zero-order chi connectivity index (χ0) is 71.8. The molecule has 16 N–H and O–H groups in total. The second-order valence-electron chi connectivity index (χ2n) is 29.5. The smallest absolute Gasteiger partial charge is 0.316 e. The number of rotatable bonds is 23. The lowest BCUT2D eigenvalue weighted by Crippen LogP contribution is -2.67. The molecule has 7 aliphatic heterocycles. The van der Waals surface area contributed by atoms with E-state index in [9.17, 15) is 91.3 Å². The molecule has 1 spiro atoms. The molecule has 0 unspecified atom stereocenters. The third-order valence-corrected chi connectivity index (χ3v) is 22.7. The molecule has 9 fully saturated rings. The molecule has 36 atom stereocenters. The van der Waals surface area contributed by atoms with Gasteiger partial charge in [0.25, 0.3) is 0 Å². The van der Waals surface area contributed by atoms with Crippen molar-refractivity contribution in [2.24, 2.45) is 28.1 Å². The third kappa shape index (κ3) is 14.1. The number of aliphatic hydroxyl groups is 16. The van der Waals surface area contributed by atoms with Gasteiger partial charge in [-0.3, -0.25) is 9.59 Å². The van der Waals surface area contributed by atoms with Gasteiger partial charge in [-0.25, -0.2) is 0 Å². The van der Waals surface area contributed by atoms with E-state index in [1.807, 2.05) is 41.5 Å². The summed E-state index contributed by atoms with van der Waals surface area (Å²) in [4.78, 5) is 26.6. The minimum absolute atomic E-state index is 0.279. The SMILES string of the molecule is CO[C@@H]1[C@@H](O)[C@H](O[C@@H]2[C@@H](O)[C@H](O[C@@H]3[C@@H](O)[C@H](O)[C@@H](O[C@H]4[C@H](O[C@@H]5CC[C@H]6C(=C[C@H](O)[C@]78C(=O)O[C@@](C)(CCCC(C)(C)OC(C)=O)[C@H]7CC[C@@]68C)C5(C)C)OC[C@@H](O[C@@H]5O[C@H](CO)[C@@H](O)[C@H](O[C@@H]6O[C@H](CO)[C@@H](O)[C@H](OC)[C@H]6O)[C@H]5O)[C@@H]4O)O[C@H]3C)O[C@H](CO)[C@H]2O)O[C@H](CO)[C@H]1O. The van der Waals surface area contributed by atoms with E-state index in [0.29, 0.717) is 44.9 Å². The molecule has 0 amide bonds. The number of aliphatic hydroxyl groups excluding tert-OH is 16. The van der Waals surface area contributed by atoms with E-state index in [2.05, 4.69) is 0 Å². The van der Waals surface area contributed by atoms with Crippen LogP contribution in [0.5, 0.6) is 0 Å². The maximum absolute atomic E-state index is 14.7. The highest BCUT2D eigenvalue weighted by Crippen LogP contribution is 2.74. The van der Waals surface area contributed by atoms with Crippen LogP contribution in [-0.2, 0) is 85.4 Å². The molecule has 10 rings (SSSR count). The van der Waals surface area contributed by atoms with Crippen molar-refractivity contribution in [3.8, 4) is 0 Å². The molecule has 0 radical (unpaired) electrons. The highest BCUT2D eigenvalue weighted by Gasteiger charge is 2.78. The normalized spacial score (nSPS) is 50.4. The van der Waals surface area contributed by atoms with Gasteiger partial charge in [0.2, 0.25) is 0 Å². The molecular weight excluding hydrogens is 1310 g/mol. The summed E-state index contributed by atoms with van der Waals surface area (Å²) in [6.07, 6.45) is -47.0. The van der Waals surface area contributed by atoms with E-state index in [-0.39, 0.29) is 11.8 Å². The summed E-state index contributed by atoms with van der Waals surface area (Å²) in [6.45, 7) is 10.2. The van der Waals surface area contributed by atoms with Gasteiger partial charge in [-0.15, -0.1) is 0 Å². The molecule has 564 valence electrons. The van der Waals surface area contributed by atoms with E-state index >= 15 is 0 Å². The first-order valence-electron chi connectivity index (χ1n) is 33.8. The van der Waals surface area contributed by atoms with Crippen LogP contribution < -0.4 is 0 Å². The van der Waals surface area contributed by atoms with E-state index in [0.717, 1.165) is 5.57 Å². The predicted molar refractivity (Wildman–Crippen MR) is 322 cm³/mol. The zero-order valence-corrected chi connectivity index (χ0v) is 56.6. The highest BCUT2D eigenvalue weighted by atomic mass is 16.8. The number of cyclic esters (lactones) is 1. The van der Waals surface area contributed by atoms with Gasteiger partial charge in [-0.1, -0.05) is 32.4 Å². The molecule has 0 aromatic heterocycles.